The maximum Gasteiger partial charge on any atom is 0.240 e. The molecule has 2 aromatic carbocycles. The number of amides is 1. The lowest BCUT2D eigenvalue weighted by Gasteiger charge is -2.06. The van der Waals surface area contributed by atoms with Crippen molar-refractivity contribution in [3.05, 3.63) is 66.0 Å². The zero-order chi connectivity index (χ0) is 19.1. The third kappa shape index (κ3) is 4.97. The van der Waals surface area contributed by atoms with Crippen molar-refractivity contribution >= 4 is 11.6 Å². The summed E-state index contributed by atoms with van der Waals surface area (Å²) < 4.78 is 6.68. The Morgan fingerprint density at radius 1 is 1.22 bits per heavy atom. The van der Waals surface area contributed by atoms with Crippen LogP contribution in [0.15, 0.2) is 60.0 Å². The fourth-order valence-electron chi connectivity index (χ4n) is 2.47. The van der Waals surface area contributed by atoms with Gasteiger partial charge in [-0.1, -0.05) is 24.3 Å². The van der Waals surface area contributed by atoms with Crippen LogP contribution in [-0.2, 0) is 11.2 Å². The number of hydrogen-bond acceptors (Lipinski definition) is 6. The number of ether oxygens (including phenoxy) is 1. The molecule has 0 aliphatic carbocycles. The monoisotopic (exact) mass is 364 g/mol. The molecule has 1 N–H and O–H groups in total. The second-order valence-corrected chi connectivity index (χ2v) is 5.88. The predicted octanol–water partition coefficient (Wildman–Crippen LogP) is 2.14. The molecule has 1 amide bonds. The van der Waals surface area contributed by atoms with Gasteiger partial charge in [0.25, 0.3) is 0 Å². The van der Waals surface area contributed by atoms with Crippen LogP contribution in [0.25, 0.3) is 5.69 Å². The number of benzene rings is 2. The lowest BCUT2D eigenvalue weighted by molar-refractivity contribution is -0.121. The van der Waals surface area contributed by atoms with Crippen LogP contribution in [0.2, 0.25) is 0 Å². The number of nitrogens with one attached hydrogen (secondary N) is 1. The molecule has 8 nitrogen and oxygen atoms in total. The number of aryl methyl sites for hydroxylation is 1. The van der Waals surface area contributed by atoms with Crippen LogP contribution in [0.1, 0.15) is 24.5 Å². The predicted molar refractivity (Wildman–Crippen MR) is 101 cm³/mol. The van der Waals surface area contributed by atoms with E-state index in [0.717, 1.165) is 22.6 Å². The number of hydrogen-bond donors (Lipinski definition) is 1. The van der Waals surface area contributed by atoms with Crippen molar-refractivity contribution in [2.24, 2.45) is 5.10 Å². The first-order valence-electron chi connectivity index (χ1n) is 8.45. The molecule has 138 valence electrons. The number of rotatable bonds is 7. The van der Waals surface area contributed by atoms with Crippen molar-refractivity contribution < 1.29 is 9.53 Å². The fraction of sp³-hybridized carbons (Fsp3) is 0.211. The first kappa shape index (κ1) is 18.2. The summed E-state index contributed by atoms with van der Waals surface area (Å²) in [6, 6.07) is 15.3. The van der Waals surface area contributed by atoms with Crippen LogP contribution >= 0.6 is 0 Å². The molecular formula is C19H20N6O2. The van der Waals surface area contributed by atoms with Crippen molar-refractivity contribution in [3.8, 4) is 11.4 Å². The third-order valence-corrected chi connectivity index (χ3v) is 4.03. The minimum Gasteiger partial charge on any atom is -0.497 e. The number of carbonyl (C=O) groups is 1. The Labute approximate surface area is 156 Å². The van der Waals surface area contributed by atoms with E-state index in [0.29, 0.717) is 18.6 Å². The fourth-order valence-corrected chi connectivity index (χ4v) is 2.47. The highest BCUT2D eigenvalue weighted by Gasteiger charge is 2.05. The topological polar surface area (TPSA) is 94.3 Å². The van der Waals surface area contributed by atoms with Gasteiger partial charge in [0.2, 0.25) is 5.91 Å². The first-order valence-corrected chi connectivity index (χ1v) is 8.45. The van der Waals surface area contributed by atoms with E-state index >= 15 is 0 Å². The largest absolute Gasteiger partial charge is 0.497 e. The molecule has 0 aliphatic heterocycles. The molecule has 0 unspecified atom stereocenters. The highest BCUT2D eigenvalue weighted by atomic mass is 16.5. The van der Waals surface area contributed by atoms with Crippen molar-refractivity contribution in [1.82, 2.24) is 25.6 Å². The Morgan fingerprint density at radius 3 is 2.74 bits per heavy atom. The summed E-state index contributed by atoms with van der Waals surface area (Å²) >= 11 is 0. The molecule has 0 bridgehead atoms. The van der Waals surface area contributed by atoms with E-state index in [1.165, 1.54) is 6.33 Å². The van der Waals surface area contributed by atoms with Gasteiger partial charge in [0.1, 0.15) is 12.1 Å². The number of tetrazole rings is 1. The van der Waals surface area contributed by atoms with Gasteiger partial charge in [-0.05, 0) is 59.2 Å². The van der Waals surface area contributed by atoms with Gasteiger partial charge in [0.05, 0.1) is 18.5 Å². The zero-order valence-electron chi connectivity index (χ0n) is 15.2. The molecule has 3 rings (SSSR count). The van der Waals surface area contributed by atoms with Crippen LogP contribution in [-0.4, -0.2) is 38.9 Å². The molecule has 0 atom stereocenters. The van der Waals surface area contributed by atoms with Gasteiger partial charge in [0, 0.05) is 6.42 Å². The van der Waals surface area contributed by atoms with Gasteiger partial charge < -0.3 is 4.74 Å². The molecular weight excluding hydrogens is 344 g/mol. The highest BCUT2D eigenvalue weighted by molar-refractivity contribution is 5.99. The lowest BCUT2D eigenvalue weighted by Crippen LogP contribution is -2.19. The molecule has 27 heavy (non-hydrogen) atoms. The average molecular weight is 364 g/mol. The molecule has 1 aromatic heterocycles. The van der Waals surface area contributed by atoms with E-state index in [2.05, 4.69) is 26.1 Å². The van der Waals surface area contributed by atoms with Crippen molar-refractivity contribution in [2.45, 2.75) is 19.8 Å². The van der Waals surface area contributed by atoms with Gasteiger partial charge >= 0.3 is 0 Å². The second kappa shape index (κ2) is 8.70. The molecule has 0 saturated heterocycles. The zero-order valence-corrected chi connectivity index (χ0v) is 15.2. The van der Waals surface area contributed by atoms with Crippen LogP contribution < -0.4 is 10.2 Å². The number of carbonyl (C=O) groups excluding carboxylic acids is 1. The number of nitrogens with zero attached hydrogens (tertiary/aromatic N) is 5. The highest BCUT2D eigenvalue weighted by Crippen LogP contribution is 2.13. The van der Waals surface area contributed by atoms with Crippen molar-refractivity contribution in [1.29, 1.82) is 0 Å². The van der Waals surface area contributed by atoms with Crippen LogP contribution in [0, 0.1) is 0 Å². The SMILES string of the molecule is COc1ccc(CCC(=O)NN=C(C)c2cccc(-n3cnnn3)c2)cc1. The standard InChI is InChI=1S/C19H20N6O2/c1-14(16-4-3-5-17(12-16)25-13-20-23-24-25)21-22-19(26)11-8-15-6-9-18(27-2)10-7-15/h3-7,9-10,12-13H,8,11H2,1-2H3,(H,22,26). The van der Waals surface area contributed by atoms with E-state index in [4.69, 9.17) is 4.74 Å². The molecule has 1 heterocycles. The van der Waals surface area contributed by atoms with Gasteiger partial charge in [-0.15, -0.1) is 5.10 Å². The molecule has 0 saturated carbocycles. The average Bonchev–Trinajstić information content (AvgIpc) is 3.26. The summed E-state index contributed by atoms with van der Waals surface area (Å²) in [7, 11) is 1.63. The van der Waals surface area contributed by atoms with E-state index in [1.54, 1.807) is 11.8 Å². The molecule has 0 fully saturated rings. The third-order valence-electron chi connectivity index (χ3n) is 4.03. The molecule has 0 spiro atoms. The Kier molecular flexibility index (Phi) is 5.88. The summed E-state index contributed by atoms with van der Waals surface area (Å²) in [5.74, 6) is 0.661. The van der Waals surface area contributed by atoms with Crippen LogP contribution in [0.3, 0.4) is 0 Å². The summed E-state index contributed by atoms with van der Waals surface area (Å²) in [4.78, 5) is 12.1. The summed E-state index contributed by atoms with van der Waals surface area (Å²) in [5, 5.41) is 15.3. The quantitative estimate of drug-likeness (QED) is 0.512. The number of hydrazone groups is 1. The van der Waals surface area contributed by atoms with E-state index in [9.17, 15) is 4.79 Å². The van der Waals surface area contributed by atoms with Crippen molar-refractivity contribution in [2.75, 3.05) is 7.11 Å². The number of methoxy groups -OCH3 is 1. The van der Waals surface area contributed by atoms with Crippen LogP contribution in [0.4, 0.5) is 0 Å². The normalized spacial score (nSPS) is 11.3. The summed E-state index contributed by atoms with van der Waals surface area (Å²) in [6.45, 7) is 1.84. The maximum atomic E-state index is 12.1. The lowest BCUT2D eigenvalue weighted by atomic mass is 10.1. The summed E-state index contributed by atoms with van der Waals surface area (Å²) in [5.41, 5.74) is 6.06. The maximum absolute atomic E-state index is 12.1. The first-order chi connectivity index (χ1) is 13.2. The smallest absolute Gasteiger partial charge is 0.240 e. The van der Waals surface area contributed by atoms with E-state index < -0.39 is 0 Å². The van der Waals surface area contributed by atoms with E-state index in [-0.39, 0.29) is 5.91 Å². The Bertz CT molecular complexity index is 920. The van der Waals surface area contributed by atoms with Gasteiger partial charge in [0.15, 0.2) is 0 Å². The minimum absolute atomic E-state index is 0.137. The molecule has 0 aliphatic rings. The number of aromatic nitrogens is 4. The summed E-state index contributed by atoms with van der Waals surface area (Å²) in [6.07, 6.45) is 2.51. The minimum atomic E-state index is -0.137. The molecule has 0 radical (unpaired) electrons. The van der Waals surface area contributed by atoms with E-state index in [1.807, 2.05) is 55.5 Å². The van der Waals surface area contributed by atoms with Crippen molar-refractivity contribution in [3.63, 3.8) is 0 Å². The second-order valence-electron chi connectivity index (χ2n) is 5.88. The molecule has 8 heteroatoms. The Balaban J connectivity index is 1.56. The Hall–Kier alpha value is -3.55. The van der Waals surface area contributed by atoms with Gasteiger partial charge in [-0.25, -0.2) is 10.1 Å². The van der Waals surface area contributed by atoms with Gasteiger partial charge in [-0.3, -0.25) is 4.79 Å². The molecule has 3 aromatic rings. The van der Waals surface area contributed by atoms with Crippen LogP contribution in [0.5, 0.6) is 5.75 Å². The Morgan fingerprint density at radius 2 is 2.04 bits per heavy atom. The van der Waals surface area contributed by atoms with Gasteiger partial charge in [-0.2, -0.15) is 5.10 Å².